The van der Waals surface area contributed by atoms with Gasteiger partial charge < -0.3 is 10.1 Å². The summed E-state index contributed by atoms with van der Waals surface area (Å²) in [6.07, 6.45) is 0.557. The van der Waals surface area contributed by atoms with Gasteiger partial charge in [0, 0.05) is 23.6 Å². The van der Waals surface area contributed by atoms with Gasteiger partial charge >= 0.3 is 0 Å². The highest BCUT2D eigenvalue weighted by Gasteiger charge is 2.29. The van der Waals surface area contributed by atoms with Crippen molar-refractivity contribution in [2.45, 2.75) is 46.1 Å². The Balaban J connectivity index is 2.12. The van der Waals surface area contributed by atoms with E-state index in [1.165, 1.54) is 11.1 Å². The molecule has 0 fully saturated rings. The van der Waals surface area contributed by atoms with Crippen molar-refractivity contribution in [2.75, 3.05) is 5.32 Å². The summed E-state index contributed by atoms with van der Waals surface area (Å²) < 4.78 is 5.97. The molecule has 2 aromatic carbocycles. The van der Waals surface area contributed by atoms with E-state index < -0.39 is 0 Å². The molecular formula is C20H23NO2. The topological polar surface area (TPSA) is 38.3 Å². The van der Waals surface area contributed by atoms with Crippen LogP contribution >= 0.6 is 0 Å². The number of carbonyl (C=O) groups is 1. The molecule has 1 N–H and O–H groups in total. The molecule has 0 bridgehead atoms. The molecule has 23 heavy (non-hydrogen) atoms. The maximum absolute atomic E-state index is 12.3. The lowest BCUT2D eigenvalue weighted by molar-refractivity contribution is -0.116. The minimum Gasteiger partial charge on any atom is -0.491 e. The van der Waals surface area contributed by atoms with Gasteiger partial charge in [-0.2, -0.15) is 0 Å². The average molecular weight is 309 g/mol. The van der Waals surface area contributed by atoms with E-state index in [1.807, 2.05) is 32.0 Å². The van der Waals surface area contributed by atoms with Gasteiger partial charge in [0.1, 0.15) is 5.75 Å². The molecule has 1 heterocycles. The largest absolute Gasteiger partial charge is 0.491 e. The van der Waals surface area contributed by atoms with Crippen LogP contribution in [0.2, 0.25) is 0 Å². The SMILES string of the molecule is Cc1ccc2c(c1C)NC(=O)C[C@H]2c1ccccc1OC(C)C. The van der Waals surface area contributed by atoms with Crippen LogP contribution in [0.15, 0.2) is 36.4 Å². The van der Waals surface area contributed by atoms with Gasteiger partial charge in [0.15, 0.2) is 0 Å². The van der Waals surface area contributed by atoms with E-state index in [-0.39, 0.29) is 17.9 Å². The van der Waals surface area contributed by atoms with E-state index in [0.717, 1.165) is 22.6 Å². The molecule has 1 aliphatic rings. The Morgan fingerprint density at radius 3 is 2.57 bits per heavy atom. The zero-order valence-corrected chi connectivity index (χ0v) is 14.1. The Hall–Kier alpha value is -2.29. The number of fused-ring (bicyclic) bond motifs is 1. The first-order chi connectivity index (χ1) is 11.0. The van der Waals surface area contributed by atoms with E-state index >= 15 is 0 Å². The quantitative estimate of drug-likeness (QED) is 0.902. The maximum atomic E-state index is 12.3. The number of aryl methyl sites for hydroxylation is 1. The van der Waals surface area contributed by atoms with Crippen LogP contribution < -0.4 is 10.1 Å². The van der Waals surface area contributed by atoms with Crippen LogP contribution in [0.5, 0.6) is 5.75 Å². The van der Waals surface area contributed by atoms with Gasteiger partial charge in [-0.25, -0.2) is 0 Å². The van der Waals surface area contributed by atoms with Gasteiger partial charge in [-0.1, -0.05) is 30.3 Å². The normalized spacial score (nSPS) is 16.9. The minimum absolute atomic E-state index is 0.0352. The number of hydrogen-bond acceptors (Lipinski definition) is 2. The van der Waals surface area contributed by atoms with E-state index in [2.05, 4.69) is 37.4 Å². The van der Waals surface area contributed by atoms with E-state index in [9.17, 15) is 4.79 Å². The third-order valence-electron chi connectivity index (χ3n) is 4.45. The second-order valence-corrected chi connectivity index (χ2v) is 6.48. The second-order valence-electron chi connectivity index (χ2n) is 6.48. The zero-order chi connectivity index (χ0) is 16.6. The molecule has 1 amide bonds. The highest BCUT2D eigenvalue weighted by Crippen LogP contribution is 2.42. The Labute approximate surface area is 137 Å². The maximum Gasteiger partial charge on any atom is 0.225 e. The molecule has 1 atom stereocenters. The number of amides is 1. The van der Waals surface area contributed by atoms with Crippen molar-refractivity contribution in [3.8, 4) is 5.75 Å². The number of para-hydroxylation sites is 1. The van der Waals surface area contributed by atoms with Crippen molar-refractivity contribution < 1.29 is 9.53 Å². The molecule has 0 radical (unpaired) electrons. The first-order valence-corrected chi connectivity index (χ1v) is 8.13. The van der Waals surface area contributed by atoms with Crippen LogP contribution in [-0.2, 0) is 4.79 Å². The van der Waals surface area contributed by atoms with Crippen molar-refractivity contribution in [2.24, 2.45) is 0 Å². The zero-order valence-electron chi connectivity index (χ0n) is 14.1. The minimum atomic E-state index is 0.0352. The lowest BCUT2D eigenvalue weighted by Crippen LogP contribution is -2.25. The Morgan fingerprint density at radius 1 is 1.09 bits per heavy atom. The molecule has 2 aromatic rings. The highest BCUT2D eigenvalue weighted by atomic mass is 16.5. The van der Waals surface area contributed by atoms with Crippen molar-refractivity contribution >= 4 is 11.6 Å². The van der Waals surface area contributed by atoms with Gasteiger partial charge in [0.2, 0.25) is 5.91 Å². The predicted molar refractivity (Wildman–Crippen MR) is 93.2 cm³/mol. The predicted octanol–water partition coefficient (Wildman–Crippen LogP) is 4.56. The molecular weight excluding hydrogens is 286 g/mol. The fraction of sp³-hybridized carbons (Fsp3) is 0.350. The molecule has 3 nitrogen and oxygen atoms in total. The van der Waals surface area contributed by atoms with Gasteiger partial charge in [-0.3, -0.25) is 4.79 Å². The lowest BCUT2D eigenvalue weighted by atomic mass is 9.82. The van der Waals surface area contributed by atoms with E-state index in [0.29, 0.717) is 6.42 Å². The van der Waals surface area contributed by atoms with Gasteiger partial charge in [-0.05, 0) is 50.5 Å². The number of ether oxygens (including phenoxy) is 1. The number of nitrogens with one attached hydrogen (secondary N) is 1. The molecule has 0 unspecified atom stereocenters. The molecule has 0 saturated carbocycles. The van der Waals surface area contributed by atoms with Crippen molar-refractivity contribution in [1.82, 2.24) is 0 Å². The Bertz CT molecular complexity index is 749. The van der Waals surface area contributed by atoms with Gasteiger partial charge in [0.05, 0.1) is 6.10 Å². The summed E-state index contributed by atoms with van der Waals surface area (Å²) in [5.41, 5.74) is 5.55. The monoisotopic (exact) mass is 309 g/mol. The third kappa shape index (κ3) is 2.96. The molecule has 0 spiro atoms. The van der Waals surface area contributed by atoms with E-state index in [1.54, 1.807) is 0 Å². The van der Waals surface area contributed by atoms with Crippen LogP contribution in [0.1, 0.15) is 48.4 Å². The van der Waals surface area contributed by atoms with Crippen LogP contribution in [0.4, 0.5) is 5.69 Å². The molecule has 3 rings (SSSR count). The molecule has 3 heteroatoms. The third-order valence-corrected chi connectivity index (χ3v) is 4.45. The molecule has 0 saturated heterocycles. The molecule has 0 aliphatic carbocycles. The Morgan fingerprint density at radius 2 is 1.83 bits per heavy atom. The number of hydrogen-bond donors (Lipinski definition) is 1. The average Bonchev–Trinajstić information content (AvgIpc) is 2.51. The summed E-state index contributed by atoms with van der Waals surface area (Å²) in [5.74, 6) is 0.968. The summed E-state index contributed by atoms with van der Waals surface area (Å²) in [5, 5.41) is 3.05. The lowest BCUT2D eigenvalue weighted by Gasteiger charge is -2.29. The number of anilines is 1. The van der Waals surface area contributed by atoms with Crippen LogP contribution in [0, 0.1) is 13.8 Å². The summed E-state index contributed by atoms with van der Waals surface area (Å²) in [7, 11) is 0. The van der Waals surface area contributed by atoms with Crippen molar-refractivity contribution in [3.63, 3.8) is 0 Å². The fourth-order valence-corrected chi connectivity index (χ4v) is 3.19. The summed E-state index contributed by atoms with van der Waals surface area (Å²) in [4.78, 5) is 12.3. The second kappa shape index (κ2) is 6.07. The standard InChI is InChI=1S/C20H23NO2/c1-12(2)23-18-8-6-5-7-15(18)17-11-19(22)21-20-14(4)13(3)9-10-16(17)20/h5-10,12,17H,11H2,1-4H3,(H,21,22)/t17-/m0/s1. The molecule has 0 aromatic heterocycles. The van der Waals surface area contributed by atoms with Crippen LogP contribution in [0.25, 0.3) is 0 Å². The number of benzene rings is 2. The van der Waals surface area contributed by atoms with Crippen LogP contribution in [-0.4, -0.2) is 12.0 Å². The number of carbonyl (C=O) groups excluding carboxylic acids is 1. The fourth-order valence-electron chi connectivity index (χ4n) is 3.19. The summed E-state index contributed by atoms with van der Waals surface area (Å²) in [6, 6.07) is 12.3. The first kappa shape index (κ1) is 15.6. The first-order valence-electron chi connectivity index (χ1n) is 8.13. The van der Waals surface area contributed by atoms with Crippen molar-refractivity contribution in [3.05, 3.63) is 58.7 Å². The number of rotatable bonds is 3. The van der Waals surface area contributed by atoms with E-state index in [4.69, 9.17) is 4.74 Å². The van der Waals surface area contributed by atoms with Crippen LogP contribution in [0.3, 0.4) is 0 Å². The smallest absolute Gasteiger partial charge is 0.225 e. The van der Waals surface area contributed by atoms with Gasteiger partial charge in [-0.15, -0.1) is 0 Å². The molecule has 120 valence electrons. The van der Waals surface area contributed by atoms with Crippen molar-refractivity contribution in [1.29, 1.82) is 0 Å². The highest BCUT2D eigenvalue weighted by molar-refractivity contribution is 5.96. The molecule has 1 aliphatic heterocycles. The Kier molecular flexibility index (Phi) is 4.12. The summed E-state index contributed by atoms with van der Waals surface area (Å²) in [6.45, 7) is 8.17. The van der Waals surface area contributed by atoms with Gasteiger partial charge in [0.25, 0.3) is 0 Å². The summed E-state index contributed by atoms with van der Waals surface area (Å²) >= 11 is 0.